The first-order chi connectivity index (χ1) is 12.4. The van der Waals surface area contributed by atoms with Gasteiger partial charge >= 0.3 is 0 Å². The quantitative estimate of drug-likeness (QED) is 0.649. The molecule has 8 nitrogen and oxygen atoms in total. The summed E-state index contributed by atoms with van der Waals surface area (Å²) in [6.45, 7) is 2.37. The number of aromatic nitrogens is 3. The van der Waals surface area contributed by atoms with Gasteiger partial charge in [-0.05, 0) is 30.5 Å². The summed E-state index contributed by atoms with van der Waals surface area (Å²) in [7, 11) is -3.70. The third kappa shape index (κ3) is 4.63. The Bertz CT molecular complexity index is 889. The second-order valence-corrected chi connectivity index (χ2v) is 8.61. The van der Waals surface area contributed by atoms with Crippen LogP contribution in [0.4, 0.5) is 0 Å². The van der Waals surface area contributed by atoms with E-state index in [1.807, 2.05) is 6.92 Å². The third-order valence-electron chi connectivity index (χ3n) is 4.04. The van der Waals surface area contributed by atoms with Crippen LogP contribution in [0.5, 0.6) is 0 Å². The topological polar surface area (TPSA) is 120 Å². The van der Waals surface area contributed by atoms with Crippen molar-refractivity contribution in [3.63, 3.8) is 0 Å². The average molecular weight is 396 g/mol. The zero-order chi connectivity index (χ0) is 18.7. The Morgan fingerprint density at radius 1 is 1.31 bits per heavy atom. The van der Waals surface area contributed by atoms with Crippen LogP contribution in [0, 0.1) is 0 Å². The molecule has 1 aliphatic carbocycles. The SMILES string of the molecule is CCc1nnc(SCC(=O)NCc2ccc(S(N)(=O)=O)cc2)n1C1CC1. The molecule has 1 saturated carbocycles. The molecule has 0 spiro atoms. The van der Waals surface area contributed by atoms with Crippen LogP contribution in [0.2, 0.25) is 0 Å². The molecular formula is C16H21N5O3S2. The van der Waals surface area contributed by atoms with E-state index in [2.05, 4.69) is 20.1 Å². The van der Waals surface area contributed by atoms with Gasteiger partial charge in [0, 0.05) is 19.0 Å². The number of benzene rings is 1. The highest BCUT2D eigenvalue weighted by Gasteiger charge is 2.29. The van der Waals surface area contributed by atoms with Crippen molar-refractivity contribution >= 4 is 27.7 Å². The first-order valence-corrected chi connectivity index (χ1v) is 10.9. The maximum atomic E-state index is 12.1. The van der Waals surface area contributed by atoms with E-state index in [1.54, 1.807) is 12.1 Å². The summed E-state index contributed by atoms with van der Waals surface area (Å²) < 4.78 is 24.6. The van der Waals surface area contributed by atoms with Crippen LogP contribution in [-0.4, -0.2) is 34.8 Å². The van der Waals surface area contributed by atoms with Crippen LogP contribution >= 0.6 is 11.8 Å². The molecule has 1 fully saturated rings. The second kappa shape index (κ2) is 7.77. The van der Waals surface area contributed by atoms with Gasteiger partial charge in [-0.2, -0.15) is 0 Å². The van der Waals surface area contributed by atoms with Crippen molar-refractivity contribution in [2.45, 2.75) is 48.8 Å². The number of nitrogens with two attached hydrogens (primary N) is 1. The summed E-state index contributed by atoms with van der Waals surface area (Å²) in [5.74, 6) is 1.10. The largest absolute Gasteiger partial charge is 0.351 e. The molecular weight excluding hydrogens is 374 g/mol. The fourth-order valence-electron chi connectivity index (χ4n) is 2.53. The molecule has 1 heterocycles. The maximum Gasteiger partial charge on any atom is 0.238 e. The zero-order valence-electron chi connectivity index (χ0n) is 14.4. The van der Waals surface area contributed by atoms with E-state index in [4.69, 9.17) is 5.14 Å². The van der Waals surface area contributed by atoms with E-state index in [9.17, 15) is 13.2 Å². The monoisotopic (exact) mass is 395 g/mol. The van der Waals surface area contributed by atoms with Gasteiger partial charge in [0.2, 0.25) is 15.9 Å². The van der Waals surface area contributed by atoms with Crippen LogP contribution < -0.4 is 10.5 Å². The number of nitrogens with zero attached hydrogens (tertiary/aromatic N) is 3. The fourth-order valence-corrected chi connectivity index (χ4v) is 3.89. The van der Waals surface area contributed by atoms with Crippen molar-refractivity contribution in [3.8, 4) is 0 Å². The second-order valence-electron chi connectivity index (χ2n) is 6.11. The molecule has 3 rings (SSSR count). The van der Waals surface area contributed by atoms with Crippen molar-refractivity contribution in [2.24, 2.45) is 5.14 Å². The van der Waals surface area contributed by atoms with Crippen LogP contribution in [0.3, 0.4) is 0 Å². The molecule has 0 saturated heterocycles. The molecule has 0 aliphatic heterocycles. The van der Waals surface area contributed by atoms with Gasteiger partial charge in [0.05, 0.1) is 10.6 Å². The van der Waals surface area contributed by atoms with Gasteiger partial charge in [-0.15, -0.1) is 10.2 Å². The van der Waals surface area contributed by atoms with Gasteiger partial charge in [-0.3, -0.25) is 4.79 Å². The summed E-state index contributed by atoms with van der Waals surface area (Å²) in [5.41, 5.74) is 0.796. The fraction of sp³-hybridized carbons (Fsp3) is 0.438. The minimum atomic E-state index is -3.70. The number of sulfonamides is 1. The molecule has 1 amide bonds. The third-order valence-corrected chi connectivity index (χ3v) is 5.91. The lowest BCUT2D eigenvalue weighted by atomic mass is 10.2. The van der Waals surface area contributed by atoms with Gasteiger partial charge in [-0.25, -0.2) is 13.6 Å². The smallest absolute Gasteiger partial charge is 0.238 e. The normalized spacial score (nSPS) is 14.4. The molecule has 2 aromatic rings. The number of hydrogen-bond acceptors (Lipinski definition) is 6. The number of rotatable bonds is 8. The minimum absolute atomic E-state index is 0.0503. The van der Waals surface area contributed by atoms with E-state index < -0.39 is 10.0 Å². The molecule has 140 valence electrons. The highest BCUT2D eigenvalue weighted by atomic mass is 32.2. The number of carbonyl (C=O) groups excluding carboxylic acids is 1. The first-order valence-electron chi connectivity index (χ1n) is 8.33. The molecule has 3 N–H and O–H groups in total. The number of amides is 1. The number of thioether (sulfide) groups is 1. The van der Waals surface area contributed by atoms with Crippen LogP contribution in [-0.2, 0) is 27.8 Å². The van der Waals surface area contributed by atoms with Gasteiger partial charge < -0.3 is 9.88 Å². The highest BCUT2D eigenvalue weighted by molar-refractivity contribution is 7.99. The van der Waals surface area contributed by atoms with Gasteiger partial charge in [0.1, 0.15) is 5.82 Å². The minimum Gasteiger partial charge on any atom is -0.351 e. The molecule has 10 heteroatoms. The van der Waals surface area contributed by atoms with Crippen molar-refractivity contribution < 1.29 is 13.2 Å². The molecule has 0 radical (unpaired) electrons. The van der Waals surface area contributed by atoms with Crippen molar-refractivity contribution in [2.75, 3.05) is 5.75 Å². The molecule has 0 atom stereocenters. The van der Waals surface area contributed by atoms with E-state index in [0.29, 0.717) is 12.6 Å². The molecule has 1 aromatic carbocycles. The summed E-state index contributed by atoms with van der Waals surface area (Å²) >= 11 is 1.38. The maximum absolute atomic E-state index is 12.1. The van der Waals surface area contributed by atoms with Gasteiger partial charge in [-0.1, -0.05) is 30.8 Å². The summed E-state index contributed by atoms with van der Waals surface area (Å²) in [5, 5.41) is 17.1. The summed E-state index contributed by atoms with van der Waals surface area (Å²) in [4.78, 5) is 12.1. The Hall–Kier alpha value is -1.91. The van der Waals surface area contributed by atoms with Crippen molar-refractivity contribution in [1.82, 2.24) is 20.1 Å². The lowest BCUT2D eigenvalue weighted by molar-refractivity contribution is -0.118. The lowest BCUT2D eigenvalue weighted by Gasteiger charge is -2.08. The first kappa shape index (κ1) is 18.9. The highest BCUT2D eigenvalue weighted by Crippen LogP contribution is 2.38. The molecule has 0 bridgehead atoms. The van der Waals surface area contributed by atoms with Crippen molar-refractivity contribution in [3.05, 3.63) is 35.7 Å². The Morgan fingerprint density at radius 3 is 2.58 bits per heavy atom. The average Bonchev–Trinajstić information content (AvgIpc) is 3.37. The Labute approximate surface area is 156 Å². The van der Waals surface area contributed by atoms with Crippen LogP contribution in [0.1, 0.15) is 37.2 Å². The number of nitrogens with one attached hydrogen (secondary N) is 1. The van der Waals surface area contributed by atoms with E-state index in [-0.39, 0.29) is 16.6 Å². The molecule has 26 heavy (non-hydrogen) atoms. The van der Waals surface area contributed by atoms with E-state index in [0.717, 1.165) is 35.8 Å². The summed E-state index contributed by atoms with van der Waals surface area (Å²) in [6, 6.07) is 6.59. The molecule has 0 unspecified atom stereocenters. The van der Waals surface area contributed by atoms with E-state index >= 15 is 0 Å². The van der Waals surface area contributed by atoms with Crippen LogP contribution in [0.25, 0.3) is 0 Å². The molecule has 1 aromatic heterocycles. The number of carbonyl (C=O) groups is 1. The predicted octanol–water partition coefficient (Wildman–Crippen LogP) is 1.23. The number of hydrogen-bond donors (Lipinski definition) is 2. The van der Waals surface area contributed by atoms with E-state index in [1.165, 1.54) is 23.9 Å². The van der Waals surface area contributed by atoms with Crippen molar-refractivity contribution in [1.29, 1.82) is 0 Å². The Kier molecular flexibility index (Phi) is 5.64. The Balaban J connectivity index is 1.51. The van der Waals surface area contributed by atoms with Crippen LogP contribution in [0.15, 0.2) is 34.3 Å². The number of primary sulfonamides is 1. The Morgan fingerprint density at radius 2 is 2.00 bits per heavy atom. The molecule has 1 aliphatic rings. The summed E-state index contributed by atoms with van der Waals surface area (Å²) in [6.07, 6.45) is 3.10. The predicted molar refractivity (Wildman–Crippen MR) is 98.1 cm³/mol. The standard InChI is InChI=1S/C16H21N5O3S2/c1-2-14-19-20-16(21(14)12-5-6-12)25-10-15(22)18-9-11-3-7-13(8-4-11)26(17,23)24/h3-4,7-8,12H,2,5-6,9-10H2,1H3,(H,18,22)(H2,17,23,24). The lowest BCUT2D eigenvalue weighted by Crippen LogP contribution is -2.24. The van der Waals surface area contributed by atoms with Gasteiger partial charge in [0.15, 0.2) is 5.16 Å². The number of aryl methyl sites for hydroxylation is 1. The zero-order valence-corrected chi connectivity index (χ0v) is 16.0. The van der Waals surface area contributed by atoms with Gasteiger partial charge in [0.25, 0.3) is 0 Å².